The van der Waals surface area contributed by atoms with Crippen molar-refractivity contribution in [2.24, 2.45) is 5.92 Å². The van der Waals surface area contributed by atoms with Crippen LogP contribution >= 0.6 is 0 Å². The van der Waals surface area contributed by atoms with Crippen molar-refractivity contribution in [3.8, 4) is 5.75 Å². The molecule has 6 nitrogen and oxygen atoms in total. The lowest BCUT2D eigenvalue weighted by molar-refractivity contribution is -0.121. The van der Waals surface area contributed by atoms with Gasteiger partial charge in [-0.1, -0.05) is 0 Å². The molecule has 0 radical (unpaired) electrons. The third-order valence-corrected chi connectivity index (χ3v) is 5.22. The van der Waals surface area contributed by atoms with E-state index in [1.807, 2.05) is 6.92 Å². The van der Waals surface area contributed by atoms with Crippen molar-refractivity contribution >= 4 is 11.6 Å². The first-order valence-electron chi connectivity index (χ1n) is 9.41. The van der Waals surface area contributed by atoms with Crippen molar-refractivity contribution in [1.29, 1.82) is 0 Å². The molecule has 2 aliphatic rings. The third-order valence-electron chi connectivity index (χ3n) is 5.22. The number of nitrogens with one attached hydrogen (secondary N) is 1. The smallest absolute Gasteiger partial charge is 0.387 e. The van der Waals surface area contributed by atoms with Gasteiger partial charge in [0, 0.05) is 45.0 Å². The minimum absolute atomic E-state index is 0.0693. The van der Waals surface area contributed by atoms with Gasteiger partial charge >= 0.3 is 6.61 Å². The monoisotopic (exact) mass is 383 g/mol. The highest BCUT2D eigenvalue weighted by atomic mass is 19.3. The minimum Gasteiger partial charge on any atom is -0.435 e. The summed E-state index contributed by atoms with van der Waals surface area (Å²) in [7, 11) is 0. The molecule has 27 heavy (non-hydrogen) atoms. The molecule has 3 rings (SSSR count). The Hall–Kier alpha value is -1.77. The third kappa shape index (κ3) is 5.85. The number of alkyl halides is 2. The summed E-state index contributed by atoms with van der Waals surface area (Å²) in [6.07, 6.45) is 1.14. The number of amides is 1. The minimum atomic E-state index is -2.86. The second-order valence-electron chi connectivity index (χ2n) is 7.13. The van der Waals surface area contributed by atoms with E-state index in [1.54, 1.807) is 12.1 Å². The summed E-state index contributed by atoms with van der Waals surface area (Å²) in [5.74, 6) is 0.601. The molecule has 150 valence electrons. The van der Waals surface area contributed by atoms with Crippen LogP contribution in [-0.4, -0.2) is 74.3 Å². The standard InChI is InChI=1S/C19H27F2N3O3/c1-14(18(25)22-16-2-4-17(5-3-16)27-19(20)21)24-9-7-23(8-10-24)12-15-6-11-26-13-15/h2-5,14-15,19H,6-13H2,1H3,(H,22,25)/t14-,15-/m1/s1. The SMILES string of the molecule is C[C@H](C(=O)Nc1ccc(OC(F)F)cc1)N1CCN(C[C@H]2CCOC2)CC1. The summed E-state index contributed by atoms with van der Waals surface area (Å²) < 4.78 is 34.1. The molecular formula is C19H27F2N3O3. The van der Waals surface area contributed by atoms with E-state index in [9.17, 15) is 13.6 Å². The molecule has 1 N–H and O–H groups in total. The van der Waals surface area contributed by atoms with Gasteiger partial charge in [-0.3, -0.25) is 9.69 Å². The lowest BCUT2D eigenvalue weighted by Crippen LogP contribution is -2.53. The number of piperazine rings is 1. The number of hydrogen-bond acceptors (Lipinski definition) is 5. The van der Waals surface area contributed by atoms with Crippen molar-refractivity contribution in [1.82, 2.24) is 9.80 Å². The molecular weight excluding hydrogens is 356 g/mol. The fraction of sp³-hybridized carbons (Fsp3) is 0.632. The van der Waals surface area contributed by atoms with Crippen LogP contribution in [0.3, 0.4) is 0 Å². The summed E-state index contributed by atoms with van der Waals surface area (Å²) >= 11 is 0. The maximum atomic E-state index is 12.5. The molecule has 1 aromatic rings. The number of benzene rings is 1. The van der Waals surface area contributed by atoms with Crippen LogP contribution in [0.25, 0.3) is 0 Å². The normalized spacial score (nSPS) is 22.7. The first kappa shape index (κ1) is 20.0. The van der Waals surface area contributed by atoms with Crippen LogP contribution in [0.4, 0.5) is 14.5 Å². The Bertz CT molecular complexity index is 601. The molecule has 1 amide bonds. The number of hydrogen-bond donors (Lipinski definition) is 1. The lowest BCUT2D eigenvalue weighted by Gasteiger charge is -2.38. The van der Waals surface area contributed by atoms with Gasteiger partial charge in [-0.05, 0) is 43.5 Å². The van der Waals surface area contributed by atoms with Gasteiger partial charge in [0.25, 0.3) is 0 Å². The molecule has 0 unspecified atom stereocenters. The van der Waals surface area contributed by atoms with Crippen LogP contribution in [0.1, 0.15) is 13.3 Å². The summed E-state index contributed by atoms with van der Waals surface area (Å²) in [4.78, 5) is 17.1. The van der Waals surface area contributed by atoms with Crippen molar-refractivity contribution in [2.75, 3.05) is 51.3 Å². The van der Waals surface area contributed by atoms with E-state index in [0.717, 1.165) is 52.4 Å². The van der Waals surface area contributed by atoms with E-state index in [2.05, 4.69) is 19.9 Å². The summed E-state index contributed by atoms with van der Waals surface area (Å²) in [6.45, 7) is 5.45. The van der Waals surface area contributed by atoms with Crippen LogP contribution in [0.2, 0.25) is 0 Å². The molecule has 1 aromatic carbocycles. The zero-order valence-electron chi connectivity index (χ0n) is 15.6. The van der Waals surface area contributed by atoms with Gasteiger partial charge < -0.3 is 19.7 Å². The Kier molecular flexibility index (Phi) is 6.98. The Balaban J connectivity index is 1.43. The van der Waals surface area contributed by atoms with Crippen LogP contribution < -0.4 is 10.1 Å². The zero-order valence-corrected chi connectivity index (χ0v) is 15.6. The van der Waals surface area contributed by atoms with Crippen LogP contribution in [0, 0.1) is 5.92 Å². The Morgan fingerprint density at radius 1 is 1.26 bits per heavy atom. The largest absolute Gasteiger partial charge is 0.435 e. The fourth-order valence-electron chi connectivity index (χ4n) is 3.56. The van der Waals surface area contributed by atoms with Gasteiger partial charge in [-0.2, -0.15) is 8.78 Å². The molecule has 0 aromatic heterocycles. The van der Waals surface area contributed by atoms with Crippen LogP contribution in [0.5, 0.6) is 5.75 Å². The number of rotatable bonds is 7. The van der Waals surface area contributed by atoms with E-state index >= 15 is 0 Å². The highest BCUT2D eigenvalue weighted by Gasteiger charge is 2.27. The Morgan fingerprint density at radius 2 is 1.96 bits per heavy atom. The van der Waals surface area contributed by atoms with E-state index in [0.29, 0.717) is 11.6 Å². The van der Waals surface area contributed by atoms with Crippen molar-refractivity contribution in [3.63, 3.8) is 0 Å². The summed E-state index contributed by atoms with van der Waals surface area (Å²) in [5, 5.41) is 2.84. The lowest BCUT2D eigenvalue weighted by atomic mass is 10.1. The van der Waals surface area contributed by atoms with Gasteiger partial charge in [0.05, 0.1) is 12.6 Å². The maximum Gasteiger partial charge on any atom is 0.387 e. The molecule has 0 aliphatic carbocycles. The second-order valence-corrected chi connectivity index (χ2v) is 7.13. The van der Waals surface area contributed by atoms with Gasteiger partial charge in [-0.15, -0.1) is 0 Å². The zero-order chi connectivity index (χ0) is 19.2. The number of nitrogens with zero attached hydrogens (tertiary/aromatic N) is 2. The van der Waals surface area contributed by atoms with E-state index in [-0.39, 0.29) is 17.7 Å². The molecule has 2 saturated heterocycles. The van der Waals surface area contributed by atoms with Gasteiger partial charge in [0.2, 0.25) is 5.91 Å². The first-order valence-corrected chi connectivity index (χ1v) is 9.41. The molecule has 2 atom stereocenters. The van der Waals surface area contributed by atoms with E-state index in [4.69, 9.17) is 4.74 Å². The quantitative estimate of drug-likeness (QED) is 0.783. The average molecular weight is 383 g/mol. The Morgan fingerprint density at radius 3 is 2.56 bits per heavy atom. The maximum absolute atomic E-state index is 12.5. The fourth-order valence-corrected chi connectivity index (χ4v) is 3.56. The Labute approximate surface area is 158 Å². The molecule has 2 fully saturated rings. The topological polar surface area (TPSA) is 54.0 Å². The van der Waals surface area contributed by atoms with Crippen molar-refractivity contribution in [2.45, 2.75) is 26.0 Å². The first-order chi connectivity index (χ1) is 13.0. The predicted octanol–water partition coefficient (Wildman–Crippen LogP) is 2.27. The van der Waals surface area contributed by atoms with Crippen molar-refractivity contribution < 1.29 is 23.0 Å². The molecule has 0 bridgehead atoms. The molecule has 2 aliphatic heterocycles. The number of anilines is 1. The molecule has 8 heteroatoms. The summed E-state index contributed by atoms with van der Waals surface area (Å²) in [6, 6.07) is 5.70. The van der Waals surface area contributed by atoms with Gasteiger partial charge in [0.15, 0.2) is 0 Å². The van der Waals surface area contributed by atoms with Crippen LogP contribution in [-0.2, 0) is 9.53 Å². The average Bonchev–Trinajstić information content (AvgIpc) is 3.16. The highest BCUT2D eigenvalue weighted by Crippen LogP contribution is 2.19. The van der Waals surface area contributed by atoms with Gasteiger partial charge in [-0.25, -0.2) is 0 Å². The van der Waals surface area contributed by atoms with Crippen LogP contribution in [0.15, 0.2) is 24.3 Å². The molecule has 0 spiro atoms. The van der Waals surface area contributed by atoms with E-state index < -0.39 is 6.61 Å². The van der Waals surface area contributed by atoms with Crippen molar-refractivity contribution in [3.05, 3.63) is 24.3 Å². The molecule has 0 saturated carbocycles. The van der Waals surface area contributed by atoms with E-state index in [1.165, 1.54) is 12.1 Å². The number of carbonyl (C=O) groups is 1. The van der Waals surface area contributed by atoms with Gasteiger partial charge in [0.1, 0.15) is 5.75 Å². The summed E-state index contributed by atoms with van der Waals surface area (Å²) in [5.41, 5.74) is 0.563. The predicted molar refractivity (Wildman–Crippen MR) is 98.1 cm³/mol. The molecule has 2 heterocycles. The second kappa shape index (κ2) is 9.43. The number of halogens is 2. The highest BCUT2D eigenvalue weighted by molar-refractivity contribution is 5.94. The number of ether oxygens (including phenoxy) is 2. The number of carbonyl (C=O) groups excluding carboxylic acids is 1.